The monoisotopic (exact) mass is 202 g/mol. The topological polar surface area (TPSA) is 20.2 Å². The summed E-state index contributed by atoms with van der Waals surface area (Å²) in [5, 5.41) is 9.09. The first-order chi connectivity index (χ1) is 7.33. The van der Waals surface area contributed by atoms with Crippen molar-refractivity contribution in [1.82, 2.24) is 0 Å². The number of hydrogen-bond acceptors (Lipinski definition) is 1. The number of hydrogen-bond donors (Lipinski definition) is 1. The number of phenolic OH excluding ortho intramolecular Hbond substituents is 1. The SMILES string of the molecule is CCCCC=CC=Cc1ccc(O)cc1. The molecule has 0 fully saturated rings. The predicted molar refractivity (Wildman–Crippen MR) is 65.8 cm³/mol. The van der Waals surface area contributed by atoms with Gasteiger partial charge in [-0.15, -0.1) is 0 Å². The lowest BCUT2D eigenvalue weighted by Gasteiger charge is -1.92. The van der Waals surface area contributed by atoms with Crippen molar-refractivity contribution in [3.63, 3.8) is 0 Å². The molecule has 1 N–H and O–H groups in total. The highest BCUT2D eigenvalue weighted by molar-refractivity contribution is 5.51. The van der Waals surface area contributed by atoms with Crippen LogP contribution in [0.1, 0.15) is 31.7 Å². The van der Waals surface area contributed by atoms with Gasteiger partial charge in [-0.3, -0.25) is 0 Å². The van der Waals surface area contributed by atoms with Crippen molar-refractivity contribution >= 4 is 6.08 Å². The highest BCUT2D eigenvalue weighted by Crippen LogP contribution is 2.10. The molecular formula is C14H18O. The maximum absolute atomic E-state index is 9.09. The summed E-state index contributed by atoms with van der Waals surface area (Å²) in [5.41, 5.74) is 1.10. The second-order valence-electron chi connectivity index (χ2n) is 3.52. The fourth-order valence-corrected chi connectivity index (χ4v) is 1.25. The summed E-state index contributed by atoms with van der Waals surface area (Å²) < 4.78 is 0. The van der Waals surface area contributed by atoms with Crippen LogP contribution in [0.2, 0.25) is 0 Å². The fourth-order valence-electron chi connectivity index (χ4n) is 1.25. The summed E-state index contributed by atoms with van der Waals surface area (Å²) in [7, 11) is 0. The van der Waals surface area contributed by atoms with Crippen molar-refractivity contribution in [2.75, 3.05) is 0 Å². The normalized spacial score (nSPS) is 11.5. The number of unbranched alkanes of at least 4 members (excludes halogenated alkanes) is 2. The lowest BCUT2D eigenvalue weighted by molar-refractivity contribution is 0.475. The predicted octanol–water partition coefficient (Wildman–Crippen LogP) is 4.15. The maximum Gasteiger partial charge on any atom is 0.115 e. The van der Waals surface area contributed by atoms with E-state index < -0.39 is 0 Å². The van der Waals surface area contributed by atoms with Gasteiger partial charge in [0.1, 0.15) is 5.75 Å². The van der Waals surface area contributed by atoms with Crippen molar-refractivity contribution in [3.05, 3.63) is 48.1 Å². The van der Waals surface area contributed by atoms with Crippen LogP contribution in [-0.2, 0) is 0 Å². The summed E-state index contributed by atoms with van der Waals surface area (Å²) in [6.45, 7) is 2.19. The third kappa shape index (κ3) is 5.06. The van der Waals surface area contributed by atoms with Gasteiger partial charge in [-0.05, 0) is 24.1 Å². The van der Waals surface area contributed by atoms with Gasteiger partial charge in [-0.25, -0.2) is 0 Å². The summed E-state index contributed by atoms with van der Waals surface area (Å²) in [5.74, 6) is 0.311. The standard InChI is InChI=1S/C14H18O/c1-2-3-4-5-6-7-8-13-9-11-14(15)12-10-13/h5-12,15H,2-4H2,1H3. The van der Waals surface area contributed by atoms with Crippen LogP contribution in [0.5, 0.6) is 5.75 Å². The van der Waals surface area contributed by atoms with Crippen LogP contribution in [0, 0.1) is 0 Å². The maximum atomic E-state index is 9.09. The number of aromatic hydroxyl groups is 1. The Kier molecular flexibility index (Phi) is 5.31. The molecule has 0 saturated heterocycles. The Hall–Kier alpha value is -1.50. The molecule has 0 radical (unpaired) electrons. The Labute approximate surface area is 91.8 Å². The molecule has 0 bridgehead atoms. The zero-order valence-corrected chi connectivity index (χ0v) is 9.19. The van der Waals surface area contributed by atoms with Gasteiger partial charge in [0.05, 0.1) is 0 Å². The largest absolute Gasteiger partial charge is 0.508 e. The summed E-state index contributed by atoms with van der Waals surface area (Å²) in [6, 6.07) is 7.18. The van der Waals surface area contributed by atoms with Crippen LogP contribution in [0.4, 0.5) is 0 Å². The van der Waals surface area contributed by atoms with Gasteiger partial charge in [0, 0.05) is 0 Å². The second-order valence-corrected chi connectivity index (χ2v) is 3.52. The lowest BCUT2D eigenvalue weighted by Crippen LogP contribution is -1.69. The molecule has 1 nitrogen and oxygen atoms in total. The Morgan fingerprint density at radius 2 is 1.87 bits per heavy atom. The van der Waals surface area contributed by atoms with E-state index in [1.54, 1.807) is 12.1 Å². The first-order valence-corrected chi connectivity index (χ1v) is 5.45. The number of phenols is 1. The number of rotatable bonds is 5. The van der Waals surface area contributed by atoms with Crippen molar-refractivity contribution < 1.29 is 5.11 Å². The zero-order valence-electron chi connectivity index (χ0n) is 9.19. The first-order valence-electron chi connectivity index (χ1n) is 5.45. The fraction of sp³-hybridized carbons (Fsp3) is 0.286. The summed E-state index contributed by atoms with van der Waals surface area (Å²) in [6.07, 6.45) is 12.0. The van der Waals surface area contributed by atoms with Gasteiger partial charge < -0.3 is 5.11 Å². The molecular weight excluding hydrogens is 184 g/mol. The molecule has 0 unspecified atom stereocenters. The molecule has 1 aromatic rings. The molecule has 15 heavy (non-hydrogen) atoms. The van der Waals surface area contributed by atoms with Crippen LogP contribution in [0.25, 0.3) is 6.08 Å². The number of allylic oxidation sites excluding steroid dienone is 3. The van der Waals surface area contributed by atoms with Crippen LogP contribution in [0.3, 0.4) is 0 Å². The molecule has 0 amide bonds. The molecule has 0 aromatic heterocycles. The van der Waals surface area contributed by atoms with Crippen LogP contribution in [0.15, 0.2) is 42.5 Å². The molecule has 0 spiro atoms. The molecule has 0 atom stereocenters. The van der Waals surface area contributed by atoms with E-state index in [-0.39, 0.29) is 0 Å². The van der Waals surface area contributed by atoms with Gasteiger partial charge in [-0.2, -0.15) is 0 Å². The van der Waals surface area contributed by atoms with Crippen LogP contribution >= 0.6 is 0 Å². The third-order valence-corrected chi connectivity index (χ3v) is 2.15. The van der Waals surface area contributed by atoms with E-state index >= 15 is 0 Å². The van der Waals surface area contributed by atoms with E-state index in [0.29, 0.717) is 5.75 Å². The van der Waals surface area contributed by atoms with E-state index in [0.717, 1.165) is 12.0 Å². The smallest absolute Gasteiger partial charge is 0.115 e. The summed E-state index contributed by atoms with van der Waals surface area (Å²) >= 11 is 0. The molecule has 1 rings (SSSR count). The van der Waals surface area contributed by atoms with Crippen LogP contribution < -0.4 is 0 Å². The van der Waals surface area contributed by atoms with E-state index in [4.69, 9.17) is 5.11 Å². The van der Waals surface area contributed by atoms with Crippen molar-refractivity contribution in [2.24, 2.45) is 0 Å². The van der Waals surface area contributed by atoms with Gasteiger partial charge >= 0.3 is 0 Å². The highest BCUT2D eigenvalue weighted by Gasteiger charge is 1.86. The van der Waals surface area contributed by atoms with Gasteiger partial charge in [-0.1, -0.05) is 56.2 Å². The molecule has 1 aromatic carbocycles. The van der Waals surface area contributed by atoms with Gasteiger partial charge in [0.2, 0.25) is 0 Å². The van der Waals surface area contributed by atoms with E-state index in [2.05, 4.69) is 19.1 Å². The highest BCUT2D eigenvalue weighted by atomic mass is 16.3. The van der Waals surface area contributed by atoms with Crippen molar-refractivity contribution in [1.29, 1.82) is 0 Å². The molecule has 80 valence electrons. The number of benzene rings is 1. The van der Waals surface area contributed by atoms with Gasteiger partial charge in [0.15, 0.2) is 0 Å². The Morgan fingerprint density at radius 3 is 2.53 bits per heavy atom. The van der Waals surface area contributed by atoms with Gasteiger partial charge in [0.25, 0.3) is 0 Å². The Morgan fingerprint density at radius 1 is 1.13 bits per heavy atom. The zero-order chi connectivity index (χ0) is 10.9. The molecule has 0 heterocycles. The average molecular weight is 202 g/mol. The summed E-state index contributed by atoms with van der Waals surface area (Å²) in [4.78, 5) is 0. The minimum absolute atomic E-state index is 0.311. The van der Waals surface area contributed by atoms with E-state index in [9.17, 15) is 0 Å². The average Bonchev–Trinajstić information content (AvgIpc) is 2.26. The minimum Gasteiger partial charge on any atom is -0.508 e. The Balaban J connectivity index is 2.37. The first kappa shape index (κ1) is 11.6. The molecule has 0 saturated carbocycles. The van der Waals surface area contributed by atoms with Crippen molar-refractivity contribution in [2.45, 2.75) is 26.2 Å². The quantitative estimate of drug-likeness (QED) is 0.561. The molecule has 0 aliphatic heterocycles. The Bertz CT molecular complexity index is 320. The van der Waals surface area contributed by atoms with Crippen LogP contribution in [-0.4, -0.2) is 5.11 Å². The second kappa shape index (κ2) is 6.88. The third-order valence-electron chi connectivity index (χ3n) is 2.15. The van der Waals surface area contributed by atoms with E-state index in [1.807, 2.05) is 24.3 Å². The minimum atomic E-state index is 0.311. The molecule has 0 aliphatic rings. The van der Waals surface area contributed by atoms with E-state index in [1.165, 1.54) is 12.8 Å². The molecule has 0 aliphatic carbocycles. The molecule has 1 heteroatoms. The van der Waals surface area contributed by atoms with Crippen molar-refractivity contribution in [3.8, 4) is 5.75 Å². The lowest BCUT2D eigenvalue weighted by atomic mass is 10.2.